The van der Waals surface area contributed by atoms with Crippen LogP contribution in [-0.4, -0.2) is 32.5 Å². The van der Waals surface area contributed by atoms with Crippen molar-refractivity contribution < 1.29 is 14.2 Å². The Morgan fingerprint density at radius 3 is 2.64 bits per heavy atom. The second-order valence-electron chi connectivity index (χ2n) is 3.30. The van der Waals surface area contributed by atoms with Gasteiger partial charge in [-0.3, -0.25) is 0 Å². The fourth-order valence-electron chi connectivity index (χ4n) is 1.69. The van der Waals surface area contributed by atoms with Crippen molar-refractivity contribution in [1.82, 2.24) is 0 Å². The maximum Gasteiger partial charge on any atom is 0.123 e. The van der Waals surface area contributed by atoms with Gasteiger partial charge in [0.2, 0.25) is 0 Å². The molecule has 0 aromatic carbocycles. The van der Waals surface area contributed by atoms with E-state index in [1.54, 1.807) is 7.11 Å². The van der Waals surface area contributed by atoms with E-state index < -0.39 is 0 Å². The summed E-state index contributed by atoms with van der Waals surface area (Å²) in [7, 11) is 1.73. The molecule has 14 heavy (non-hydrogen) atoms. The third-order valence-corrected chi connectivity index (χ3v) is 2.36. The van der Waals surface area contributed by atoms with Crippen LogP contribution in [0.3, 0.4) is 0 Å². The third-order valence-electron chi connectivity index (χ3n) is 2.36. The normalized spacial score (nSPS) is 27.2. The Bertz CT molecular complexity index is 189. The lowest BCUT2D eigenvalue weighted by Gasteiger charge is -2.27. The molecule has 0 fully saturated rings. The lowest BCUT2D eigenvalue weighted by Crippen LogP contribution is -2.27. The lowest BCUT2D eigenvalue weighted by atomic mass is 10.0. The first kappa shape index (κ1) is 11.5. The van der Waals surface area contributed by atoms with Crippen LogP contribution in [0.5, 0.6) is 0 Å². The average molecular weight is 200 g/mol. The van der Waals surface area contributed by atoms with Crippen LogP contribution in [0, 0.1) is 0 Å². The Labute approximate surface area is 86.0 Å². The van der Waals surface area contributed by atoms with Gasteiger partial charge >= 0.3 is 0 Å². The van der Waals surface area contributed by atoms with Gasteiger partial charge in [0.1, 0.15) is 11.9 Å². The highest BCUT2D eigenvalue weighted by Gasteiger charge is 2.24. The van der Waals surface area contributed by atoms with E-state index in [9.17, 15) is 0 Å². The lowest BCUT2D eigenvalue weighted by molar-refractivity contribution is 0.00735. The molecule has 0 heterocycles. The summed E-state index contributed by atoms with van der Waals surface area (Å²) in [4.78, 5) is 0. The summed E-state index contributed by atoms with van der Waals surface area (Å²) >= 11 is 0. The molecular weight excluding hydrogens is 180 g/mol. The van der Waals surface area contributed by atoms with Gasteiger partial charge in [0.05, 0.1) is 12.7 Å². The molecule has 0 saturated carbocycles. The maximum atomic E-state index is 5.59. The summed E-state index contributed by atoms with van der Waals surface area (Å²) in [6.45, 7) is 5.41. The highest BCUT2D eigenvalue weighted by atomic mass is 16.5. The molecular formula is C11H20O3. The quantitative estimate of drug-likeness (QED) is 0.680. The second kappa shape index (κ2) is 6.04. The van der Waals surface area contributed by atoms with Crippen molar-refractivity contribution in [1.29, 1.82) is 0 Å². The predicted molar refractivity (Wildman–Crippen MR) is 55.2 cm³/mol. The minimum atomic E-state index is 0.131. The Kier molecular flexibility index (Phi) is 4.98. The summed E-state index contributed by atoms with van der Waals surface area (Å²) in [6.07, 6.45) is 4.35. The molecule has 0 aromatic rings. The van der Waals surface area contributed by atoms with Crippen LogP contribution < -0.4 is 0 Å². The minimum absolute atomic E-state index is 0.131. The van der Waals surface area contributed by atoms with Crippen molar-refractivity contribution >= 4 is 0 Å². The first-order chi connectivity index (χ1) is 6.81. The molecule has 82 valence electrons. The number of methoxy groups -OCH3 is 1. The van der Waals surface area contributed by atoms with Gasteiger partial charge in [-0.2, -0.15) is 0 Å². The van der Waals surface area contributed by atoms with Crippen LogP contribution in [0.1, 0.15) is 26.7 Å². The molecule has 0 radical (unpaired) electrons. The molecule has 0 amide bonds. The Hall–Kier alpha value is -0.540. The SMILES string of the molecule is CCOC1=CC(OC)CCC1OCC. The van der Waals surface area contributed by atoms with Gasteiger partial charge in [-0.15, -0.1) is 0 Å². The summed E-state index contributed by atoms with van der Waals surface area (Å²) < 4.78 is 16.4. The van der Waals surface area contributed by atoms with Crippen LogP contribution in [0.15, 0.2) is 11.8 Å². The number of rotatable bonds is 5. The van der Waals surface area contributed by atoms with Gasteiger partial charge in [-0.1, -0.05) is 0 Å². The van der Waals surface area contributed by atoms with Crippen LogP contribution >= 0.6 is 0 Å². The smallest absolute Gasteiger partial charge is 0.123 e. The van der Waals surface area contributed by atoms with Gasteiger partial charge in [-0.25, -0.2) is 0 Å². The number of ether oxygens (including phenoxy) is 3. The summed E-state index contributed by atoms with van der Waals surface area (Å²) in [5, 5.41) is 0. The van der Waals surface area contributed by atoms with Gasteiger partial charge in [0, 0.05) is 13.7 Å². The Morgan fingerprint density at radius 1 is 1.29 bits per heavy atom. The van der Waals surface area contributed by atoms with E-state index in [4.69, 9.17) is 14.2 Å². The zero-order valence-electron chi connectivity index (χ0n) is 9.29. The number of hydrogen-bond acceptors (Lipinski definition) is 3. The van der Waals surface area contributed by atoms with Crippen molar-refractivity contribution in [3.63, 3.8) is 0 Å². The molecule has 3 nitrogen and oxygen atoms in total. The van der Waals surface area contributed by atoms with Crippen LogP contribution in [0.25, 0.3) is 0 Å². The molecule has 0 N–H and O–H groups in total. The Morgan fingerprint density at radius 2 is 2.07 bits per heavy atom. The summed E-state index contributed by atoms with van der Waals surface area (Å²) in [5.74, 6) is 0.937. The molecule has 0 saturated heterocycles. The molecule has 2 unspecified atom stereocenters. The van der Waals surface area contributed by atoms with E-state index in [0.29, 0.717) is 6.61 Å². The van der Waals surface area contributed by atoms with E-state index in [-0.39, 0.29) is 12.2 Å². The van der Waals surface area contributed by atoms with Crippen molar-refractivity contribution in [2.24, 2.45) is 0 Å². The predicted octanol–water partition coefficient (Wildman–Crippen LogP) is 2.12. The second-order valence-corrected chi connectivity index (χ2v) is 3.30. The fraction of sp³-hybridized carbons (Fsp3) is 0.818. The van der Waals surface area contributed by atoms with E-state index in [2.05, 4.69) is 0 Å². The van der Waals surface area contributed by atoms with Crippen LogP contribution in [-0.2, 0) is 14.2 Å². The van der Waals surface area contributed by atoms with Crippen molar-refractivity contribution in [3.05, 3.63) is 11.8 Å². The monoisotopic (exact) mass is 200 g/mol. The van der Waals surface area contributed by atoms with Gasteiger partial charge in [0.15, 0.2) is 0 Å². The molecule has 3 heteroatoms. The molecule has 0 aromatic heterocycles. The zero-order valence-corrected chi connectivity index (χ0v) is 9.29. The van der Waals surface area contributed by atoms with Crippen LogP contribution in [0.4, 0.5) is 0 Å². The highest BCUT2D eigenvalue weighted by molar-refractivity contribution is 5.08. The van der Waals surface area contributed by atoms with Gasteiger partial charge in [-0.05, 0) is 32.8 Å². The van der Waals surface area contributed by atoms with Gasteiger partial charge < -0.3 is 14.2 Å². The Balaban J connectivity index is 2.60. The van der Waals surface area contributed by atoms with E-state index in [1.165, 1.54) is 0 Å². The van der Waals surface area contributed by atoms with E-state index in [1.807, 2.05) is 19.9 Å². The molecule has 0 spiro atoms. The molecule has 2 atom stereocenters. The minimum Gasteiger partial charge on any atom is -0.496 e. The standard InChI is InChI=1S/C11H20O3/c1-4-13-10-7-6-9(12-3)8-11(10)14-5-2/h8-10H,4-7H2,1-3H3. The first-order valence-electron chi connectivity index (χ1n) is 5.30. The summed E-state index contributed by atoms with van der Waals surface area (Å²) in [5.41, 5.74) is 0. The van der Waals surface area contributed by atoms with Crippen molar-refractivity contribution in [2.45, 2.75) is 38.9 Å². The largest absolute Gasteiger partial charge is 0.496 e. The maximum absolute atomic E-state index is 5.59. The topological polar surface area (TPSA) is 27.7 Å². The third kappa shape index (κ3) is 3.00. The van der Waals surface area contributed by atoms with Crippen molar-refractivity contribution in [3.8, 4) is 0 Å². The first-order valence-corrected chi connectivity index (χ1v) is 5.30. The zero-order chi connectivity index (χ0) is 10.4. The average Bonchev–Trinajstić information content (AvgIpc) is 2.21. The van der Waals surface area contributed by atoms with Crippen molar-refractivity contribution in [2.75, 3.05) is 20.3 Å². The van der Waals surface area contributed by atoms with Gasteiger partial charge in [0.25, 0.3) is 0 Å². The summed E-state index contributed by atoms with van der Waals surface area (Å²) in [6, 6.07) is 0. The number of hydrogen-bond donors (Lipinski definition) is 0. The molecule has 0 bridgehead atoms. The highest BCUT2D eigenvalue weighted by Crippen LogP contribution is 2.23. The van der Waals surface area contributed by atoms with Crippen LogP contribution in [0.2, 0.25) is 0 Å². The fourth-order valence-corrected chi connectivity index (χ4v) is 1.69. The molecule has 0 aliphatic heterocycles. The molecule has 1 aliphatic carbocycles. The van der Waals surface area contributed by atoms with E-state index in [0.717, 1.165) is 25.2 Å². The molecule has 1 rings (SSSR count). The van der Waals surface area contributed by atoms with E-state index >= 15 is 0 Å². The molecule has 1 aliphatic rings.